The third kappa shape index (κ3) is 3.53. The number of aliphatic hydroxyl groups is 1. The second-order valence-corrected chi connectivity index (χ2v) is 5.59. The first-order valence-corrected chi connectivity index (χ1v) is 6.65. The zero-order valence-electron chi connectivity index (χ0n) is 11.5. The zero-order chi connectivity index (χ0) is 14.8. The number of hydrogen-bond acceptors (Lipinski definition) is 4. The van der Waals surface area contributed by atoms with Crippen molar-refractivity contribution in [2.24, 2.45) is 5.84 Å². The van der Waals surface area contributed by atoms with Gasteiger partial charge in [0.25, 0.3) is 5.91 Å². The predicted octanol–water partition coefficient (Wildman–Crippen LogP) is 0.776. The molecular weight excluding hydrogens is 261 g/mol. The van der Waals surface area contributed by atoms with E-state index in [1.807, 2.05) is 10.3 Å². The van der Waals surface area contributed by atoms with E-state index in [4.69, 9.17) is 5.84 Å². The molecule has 1 aliphatic rings. The number of nitrogens with one attached hydrogen (secondary N) is 1. The van der Waals surface area contributed by atoms with Crippen LogP contribution in [0.25, 0.3) is 0 Å². The number of benzene rings is 1. The highest BCUT2D eigenvalue weighted by Crippen LogP contribution is 2.23. The van der Waals surface area contributed by atoms with Crippen LogP contribution in [-0.2, 0) is 6.54 Å². The first kappa shape index (κ1) is 14.9. The Morgan fingerprint density at radius 2 is 2.35 bits per heavy atom. The minimum atomic E-state index is -0.735. The molecule has 20 heavy (non-hydrogen) atoms. The van der Waals surface area contributed by atoms with Crippen LogP contribution in [-0.4, -0.2) is 34.6 Å². The van der Waals surface area contributed by atoms with E-state index in [1.165, 1.54) is 18.2 Å². The number of carbonyl (C=O) groups is 1. The molecule has 2 rings (SSSR count). The number of nitrogens with two attached hydrogens (primary N) is 1. The maximum atomic E-state index is 13.8. The summed E-state index contributed by atoms with van der Waals surface area (Å²) >= 11 is 0. The van der Waals surface area contributed by atoms with Crippen molar-refractivity contribution in [2.45, 2.75) is 31.9 Å². The molecule has 110 valence electrons. The van der Waals surface area contributed by atoms with Crippen LogP contribution in [0.15, 0.2) is 18.2 Å². The highest BCUT2D eigenvalue weighted by atomic mass is 19.1. The van der Waals surface area contributed by atoms with Crippen molar-refractivity contribution in [3.63, 3.8) is 0 Å². The Labute approximate surface area is 117 Å². The van der Waals surface area contributed by atoms with Crippen LogP contribution in [0.2, 0.25) is 0 Å². The Hall–Kier alpha value is -1.50. The number of nitrogens with zero attached hydrogens (tertiary/aromatic N) is 1. The van der Waals surface area contributed by atoms with Gasteiger partial charge in [-0.05, 0) is 44.5 Å². The molecule has 1 aromatic carbocycles. The quantitative estimate of drug-likeness (QED) is 0.434. The van der Waals surface area contributed by atoms with E-state index in [9.17, 15) is 14.3 Å². The molecule has 1 atom stereocenters. The SMILES string of the molecule is CC1(O)CCCN(Cc2cc(C(=O)NN)ccc2F)C1. The van der Waals surface area contributed by atoms with Crippen LogP contribution in [0.1, 0.15) is 35.7 Å². The Balaban J connectivity index is 2.14. The van der Waals surface area contributed by atoms with Crippen LogP contribution in [0.5, 0.6) is 0 Å². The van der Waals surface area contributed by atoms with E-state index in [1.54, 1.807) is 6.92 Å². The van der Waals surface area contributed by atoms with E-state index < -0.39 is 11.5 Å². The molecule has 0 aromatic heterocycles. The van der Waals surface area contributed by atoms with Crippen molar-refractivity contribution in [1.82, 2.24) is 10.3 Å². The van der Waals surface area contributed by atoms with Gasteiger partial charge in [-0.2, -0.15) is 0 Å². The summed E-state index contributed by atoms with van der Waals surface area (Å²) in [6, 6.07) is 4.16. The lowest BCUT2D eigenvalue weighted by Crippen LogP contribution is -2.45. The summed E-state index contributed by atoms with van der Waals surface area (Å²) < 4.78 is 13.8. The monoisotopic (exact) mass is 281 g/mol. The molecule has 1 fully saturated rings. The number of β-amino-alcohol motifs (C(OH)–C–C–N with tert-alkyl or cyclic N) is 1. The molecule has 1 saturated heterocycles. The van der Waals surface area contributed by atoms with E-state index >= 15 is 0 Å². The van der Waals surface area contributed by atoms with Crippen LogP contribution >= 0.6 is 0 Å². The lowest BCUT2D eigenvalue weighted by atomic mass is 9.94. The molecular formula is C14H20FN3O2. The van der Waals surface area contributed by atoms with E-state index in [-0.39, 0.29) is 5.82 Å². The van der Waals surface area contributed by atoms with Gasteiger partial charge in [0.05, 0.1) is 5.60 Å². The Morgan fingerprint density at radius 3 is 3.00 bits per heavy atom. The third-order valence-electron chi connectivity index (χ3n) is 3.59. The lowest BCUT2D eigenvalue weighted by Gasteiger charge is -2.36. The Kier molecular flexibility index (Phi) is 4.37. The van der Waals surface area contributed by atoms with Crippen LogP contribution in [0.4, 0.5) is 4.39 Å². The second-order valence-electron chi connectivity index (χ2n) is 5.59. The van der Waals surface area contributed by atoms with Crippen LogP contribution < -0.4 is 11.3 Å². The fourth-order valence-corrected chi connectivity index (χ4v) is 2.62. The average molecular weight is 281 g/mol. The summed E-state index contributed by atoms with van der Waals surface area (Å²) in [5.41, 5.74) is 2.06. The van der Waals surface area contributed by atoms with Gasteiger partial charge in [-0.1, -0.05) is 0 Å². The number of carbonyl (C=O) groups excluding carboxylic acids is 1. The normalized spacial score (nSPS) is 23.6. The number of nitrogen functional groups attached to an aromatic ring is 1. The molecule has 1 unspecified atom stereocenters. The van der Waals surface area contributed by atoms with Crippen molar-refractivity contribution in [3.05, 3.63) is 35.1 Å². The molecule has 4 N–H and O–H groups in total. The van der Waals surface area contributed by atoms with Crippen molar-refractivity contribution in [1.29, 1.82) is 0 Å². The number of amides is 1. The minimum absolute atomic E-state index is 0.327. The summed E-state index contributed by atoms with van der Waals surface area (Å²) in [7, 11) is 0. The molecule has 0 spiro atoms. The molecule has 1 amide bonds. The van der Waals surface area contributed by atoms with Gasteiger partial charge in [0.15, 0.2) is 0 Å². The van der Waals surface area contributed by atoms with Gasteiger partial charge in [-0.25, -0.2) is 10.2 Å². The van der Waals surface area contributed by atoms with Crippen LogP contribution in [0, 0.1) is 5.82 Å². The van der Waals surface area contributed by atoms with Gasteiger partial charge in [0.1, 0.15) is 5.82 Å². The highest BCUT2D eigenvalue weighted by molar-refractivity contribution is 5.93. The summed E-state index contributed by atoms with van der Waals surface area (Å²) in [4.78, 5) is 13.5. The molecule has 6 heteroatoms. The van der Waals surface area contributed by atoms with Gasteiger partial charge >= 0.3 is 0 Å². The molecule has 0 saturated carbocycles. The zero-order valence-corrected chi connectivity index (χ0v) is 11.5. The number of halogens is 1. The Bertz CT molecular complexity index is 505. The summed E-state index contributed by atoms with van der Waals surface area (Å²) in [6.45, 7) is 3.46. The standard InChI is InChI=1S/C14H20FN3O2/c1-14(20)5-2-6-18(9-14)8-11-7-10(13(19)17-16)3-4-12(11)15/h3-4,7,20H,2,5-6,8-9,16H2,1H3,(H,17,19). The lowest BCUT2D eigenvalue weighted by molar-refractivity contribution is -0.0184. The number of piperidine rings is 1. The maximum Gasteiger partial charge on any atom is 0.265 e. The third-order valence-corrected chi connectivity index (χ3v) is 3.59. The topological polar surface area (TPSA) is 78.6 Å². The number of hydrazine groups is 1. The maximum absolute atomic E-state index is 13.8. The number of hydrogen-bond donors (Lipinski definition) is 3. The van der Waals surface area contributed by atoms with Crippen molar-refractivity contribution >= 4 is 5.91 Å². The first-order chi connectivity index (χ1) is 9.41. The highest BCUT2D eigenvalue weighted by Gasteiger charge is 2.28. The summed E-state index contributed by atoms with van der Waals surface area (Å²) in [5, 5.41) is 10.1. The van der Waals surface area contributed by atoms with Gasteiger partial charge < -0.3 is 5.11 Å². The molecule has 5 nitrogen and oxygen atoms in total. The molecule has 0 aliphatic carbocycles. The van der Waals surface area contributed by atoms with Crippen molar-refractivity contribution in [3.8, 4) is 0 Å². The largest absolute Gasteiger partial charge is 0.389 e. The Morgan fingerprint density at radius 1 is 1.60 bits per heavy atom. The fourth-order valence-electron chi connectivity index (χ4n) is 2.62. The second kappa shape index (κ2) is 5.87. The average Bonchev–Trinajstić information content (AvgIpc) is 2.39. The first-order valence-electron chi connectivity index (χ1n) is 6.65. The molecule has 0 bridgehead atoms. The van der Waals surface area contributed by atoms with Crippen molar-refractivity contribution in [2.75, 3.05) is 13.1 Å². The summed E-state index contributed by atoms with van der Waals surface area (Å²) in [6.07, 6.45) is 1.62. The van der Waals surface area contributed by atoms with Gasteiger partial charge in [0.2, 0.25) is 0 Å². The molecule has 1 aliphatic heterocycles. The van der Waals surface area contributed by atoms with Gasteiger partial charge in [0, 0.05) is 24.2 Å². The molecule has 1 heterocycles. The van der Waals surface area contributed by atoms with E-state index in [2.05, 4.69) is 0 Å². The molecule has 0 radical (unpaired) electrons. The smallest absolute Gasteiger partial charge is 0.265 e. The predicted molar refractivity (Wildman–Crippen MR) is 73.2 cm³/mol. The van der Waals surface area contributed by atoms with Crippen LogP contribution in [0.3, 0.4) is 0 Å². The van der Waals surface area contributed by atoms with Gasteiger partial charge in [-0.15, -0.1) is 0 Å². The number of likely N-dealkylation sites (tertiary alicyclic amines) is 1. The van der Waals surface area contributed by atoms with E-state index in [0.29, 0.717) is 24.2 Å². The minimum Gasteiger partial charge on any atom is -0.389 e. The molecule has 1 aromatic rings. The van der Waals surface area contributed by atoms with E-state index in [0.717, 1.165) is 19.4 Å². The summed E-state index contributed by atoms with van der Waals surface area (Å²) in [5.74, 6) is 4.27. The van der Waals surface area contributed by atoms with Crippen molar-refractivity contribution < 1.29 is 14.3 Å². The number of rotatable bonds is 3. The van der Waals surface area contributed by atoms with Gasteiger partial charge in [-0.3, -0.25) is 15.1 Å². The fraction of sp³-hybridized carbons (Fsp3) is 0.500.